The zero-order valence-electron chi connectivity index (χ0n) is 14.6. The van der Waals surface area contributed by atoms with E-state index in [0.29, 0.717) is 39.1 Å². The van der Waals surface area contributed by atoms with Crippen molar-refractivity contribution in [3.8, 4) is 0 Å². The van der Waals surface area contributed by atoms with Crippen molar-refractivity contribution >= 4 is 22.7 Å². The molecule has 3 rings (SSSR count). The van der Waals surface area contributed by atoms with E-state index in [1.54, 1.807) is 4.90 Å². The number of nitrogens with one attached hydrogen (secondary N) is 2. The molecule has 6 nitrogen and oxygen atoms in total. The molecule has 1 aromatic heterocycles. The van der Waals surface area contributed by atoms with Crippen molar-refractivity contribution in [3.05, 3.63) is 36.0 Å². The minimum atomic E-state index is -0.381. The number of hydrogen-bond acceptors (Lipinski definition) is 3. The van der Waals surface area contributed by atoms with Gasteiger partial charge in [-0.25, -0.2) is 0 Å². The molecular weight excluding hydrogens is 318 g/mol. The van der Waals surface area contributed by atoms with Crippen LogP contribution in [0.1, 0.15) is 31.7 Å². The minimum absolute atomic E-state index is 0.0414. The average molecular weight is 343 g/mol. The largest absolute Gasteiger partial charge is 0.382 e. The molecule has 0 radical (unpaired) electrons. The van der Waals surface area contributed by atoms with Gasteiger partial charge < -0.3 is 19.9 Å². The second-order valence-electron chi connectivity index (χ2n) is 6.28. The normalized spacial score (nSPS) is 17.4. The number of H-pyrrole nitrogens is 1. The third-order valence-corrected chi connectivity index (χ3v) is 4.62. The Morgan fingerprint density at radius 2 is 2.24 bits per heavy atom. The minimum Gasteiger partial charge on any atom is -0.382 e. The standard InChI is InChI=1S/C19H25N3O3/c1-2-25-11-5-10-20-19(24)17-8-9-18(23)22(17)13-14-12-21-16-7-4-3-6-15(14)16/h3-4,6-7,12,17,21H,2,5,8-11,13H2,1H3,(H,20,24). The molecule has 2 heterocycles. The average Bonchev–Trinajstić information content (AvgIpc) is 3.20. The number of aromatic nitrogens is 1. The van der Waals surface area contributed by atoms with Gasteiger partial charge in [0.15, 0.2) is 0 Å². The predicted molar refractivity (Wildman–Crippen MR) is 96.0 cm³/mol. The molecule has 0 saturated carbocycles. The molecule has 2 amide bonds. The first-order valence-corrected chi connectivity index (χ1v) is 8.90. The number of benzene rings is 1. The Bertz CT molecular complexity index is 740. The van der Waals surface area contributed by atoms with Gasteiger partial charge >= 0.3 is 0 Å². The van der Waals surface area contributed by atoms with Crippen molar-refractivity contribution in [1.82, 2.24) is 15.2 Å². The van der Waals surface area contributed by atoms with Crippen LogP contribution in [0, 0.1) is 0 Å². The van der Waals surface area contributed by atoms with Crippen LogP contribution in [0.3, 0.4) is 0 Å². The lowest BCUT2D eigenvalue weighted by Crippen LogP contribution is -2.44. The summed E-state index contributed by atoms with van der Waals surface area (Å²) in [5.41, 5.74) is 2.08. The lowest BCUT2D eigenvalue weighted by Gasteiger charge is -2.24. The van der Waals surface area contributed by atoms with E-state index >= 15 is 0 Å². The summed E-state index contributed by atoms with van der Waals surface area (Å²) in [5.74, 6) is -0.0260. The zero-order valence-corrected chi connectivity index (χ0v) is 14.6. The summed E-state index contributed by atoms with van der Waals surface area (Å²) in [4.78, 5) is 29.7. The van der Waals surface area contributed by atoms with E-state index in [1.165, 1.54) is 0 Å². The lowest BCUT2D eigenvalue weighted by molar-refractivity contribution is -0.135. The zero-order chi connectivity index (χ0) is 17.6. The fraction of sp³-hybridized carbons (Fsp3) is 0.474. The maximum atomic E-state index is 12.5. The molecule has 1 aliphatic heterocycles. The second kappa shape index (κ2) is 8.16. The van der Waals surface area contributed by atoms with Crippen molar-refractivity contribution in [2.75, 3.05) is 19.8 Å². The molecule has 2 N–H and O–H groups in total. The molecule has 1 aliphatic rings. The van der Waals surface area contributed by atoms with Crippen LogP contribution in [0.15, 0.2) is 30.5 Å². The summed E-state index contributed by atoms with van der Waals surface area (Å²) in [5, 5.41) is 4.03. The molecule has 25 heavy (non-hydrogen) atoms. The van der Waals surface area contributed by atoms with Gasteiger partial charge in [0.1, 0.15) is 6.04 Å². The number of fused-ring (bicyclic) bond motifs is 1. The fourth-order valence-corrected chi connectivity index (χ4v) is 3.30. The quantitative estimate of drug-likeness (QED) is 0.722. The number of para-hydroxylation sites is 1. The number of nitrogens with zero attached hydrogens (tertiary/aromatic N) is 1. The monoisotopic (exact) mass is 343 g/mol. The molecule has 0 spiro atoms. The Balaban J connectivity index is 1.62. The molecule has 1 atom stereocenters. The first-order valence-electron chi connectivity index (χ1n) is 8.90. The van der Waals surface area contributed by atoms with E-state index < -0.39 is 0 Å². The van der Waals surface area contributed by atoms with E-state index in [-0.39, 0.29) is 17.9 Å². The van der Waals surface area contributed by atoms with Gasteiger partial charge in [0, 0.05) is 49.8 Å². The SMILES string of the molecule is CCOCCCNC(=O)C1CCC(=O)N1Cc1c[nH]c2ccccc12. The summed E-state index contributed by atoms with van der Waals surface area (Å²) >= 11 is 0. The highest BCUT2D eigenvalue weighted by molar-refractivity contribution is 5.91. The van der Waals surface area contributed by atoms with Gasteiger partial charge in [-0.1, -0.05) is 18.2 Å². The summed E-state index contributed by atoms with van der Waals surface area (Å²) in [6, 6.07) is 7.61. The van der Waals surface area contributed by atoms with Crippen molar-refractivity contribution in [1.29, 1.82) is 0 Å². The van der Waals surface area contributed by atoms with Gasteiger partial charge in [0.05, 0.1) is 0 Å². The predicted octanol–water partition coefficient (Wildman–Crippen LogP) is 2.20. The maximum absolute atomic E-state index is 12.5. The van der Waals surface area contributed by atoms with Gasteiger partial charge in [0.25, 0.3) is 0 Å². The summed E-state index contributed by atoms with van der Waals surface area (Å²) in [6.45, 7) is 4.30. The highest BCUT2D eigenvalue weighted by atomic mass is 16.5. The number of carbonyl (C=O) groups is 2. The third kappa shape index (κ3) is 4.02. The molecule has 1 aromatic carbocycles. The molecule has 0 aliphatic carbocycles. The van der Waals surface area contributed by atoms with Crippen molar-refractivity contribution in [2.45, 2.75) is 38.8 Å². The number of hydrogen-bond donors (Lipinski definition) is 2. The van der Waals surface area contributed by atoms with Gasteiger partial charge in [-0.3, -0.25) is 9.59 Å². The van der Waals surface area contributed by atoms with Crippen LogP contribution in [0.4, 0.5) is 0 Å². The van der Waals surface area contributed by atoms with Gasteiger partial charge in [-0.05, 0) is 31.4 Å². The highest BCUT2D eigenvalue weighted by Gasteiger charge is 2.36. The third-order valence-electron chi connectivity index (χ3n) is 4.62. The Kier molecular flexibility index (Phi) is 5.71. The number of aromatic amines is 1. The van der Waals surface area contributed by atoms with Crippen LogP contribution in [0.2, 0.25) is 0 Å². The lowest BCUT2D eigenvalue weighted by atomic mass is 10.1. The molecule has 1 fully saturated rings. The van der Waals surface area contributed by atoms with Gasteiger partial charge in [-0.15, -0.1) is 0 Å². The Morgan fingerprint density at radius 1 is 1.40 bits per heavy atom. The Labute approximate surface area is 147 Å². The smallest absolute Gasteiger partial charge is 0.242 e. The van der Waals surface area contributed by atoms with Crippen molar-refractivity contribution in [3.63, 3.8) is 0 Å². The molecular formula is C19H25N3O3. The Morgan fingerprint density at radius 3 is 3.08 bits per heavy atom. The van der Waals surface area contributed by atoms with Crippen LogP contribution >= 0.6 is 0 Å². The molecule has 1 saturated heterocycles. The second-order valence-corrected chi connectivity index (χ2v) is 6.28. The molecule has 2 aromatic rings. The van der Waals surface area contributed by atoms with E-state index in [0.717, 1.165) is 22.9 Å². The van der Waals surface area contributed by atoms with E-state index in [1.807, 2.05) is 37.4 Å². The molecule has 134 valence electrons. The van der Waals surface area contributed by atoms with Crippen molar-refractivity contribution in [2.24, 2.45) is 0 Å². The number of rotatable bonds is 8. The highest BCUT2D eigenvalue weighted by Crippen LogP contribution is 2.25. The van der Waals surface area contributed by atoms with E-state index in [2.05, 4.69) is 10.3 Å². The van der Waals surface area contributed by atoms with Crippen LogP contribution in [0.5, 0.6) is 0 Å². The molecule has 0 bridgehead atoms. The number of amides is 2. The van der Waals surface area contributed by atoms with Crippen LogP contribution < -0.4 is 5.32 Å². The van der Waals surface area contributed by atoms with Gasteiger partial charge in [-0.2, -0.15) is 0 Å². The van der Waals surface area contributed by atoms with E-state index in [4.69, 9.17) is 4.74 Å². The number of likely N-dealkylation sites (tertiary alicyclic amines) is 1. The van der Waals surface area contributed by atoms with Crippen LogP contribution in [0.25, 0.3) is 10.9 Å². The first-order chi connectivity index (χ1) is 12.2. The first kappa shape index (κ1) is 17.5. The summed E-state index contributed by atoms with van der Waals surface area (Å²) in [7, 11) is 0. The topological polar surface area (TPSA) is 74.4 Å². The fourth-order valence-electron chi connectivity index (χ4n) is 3.30. The van der Waals surface area contributed by atoms with E-state index in [9.17, 15) is 9.59 Å². The van der Waals surface area contributed by atoms with Crippen LogP contribution in [-0.2, 0) is 20.9 Å². The van der Waals surface area contributed by atoms with Crippen molar-refractivity contribution < 1.29 is 14.3 Å². The number of ether oxygens (including phenoxy) is 1. The van der Waals surface area contributed by atoms with Crippen LogP contribution in [-0.4, -0.2) is 47.5 Å². The molecule has 1 unspecified atom stereocenters. The number of carbonyl (C=O) groups excluding carboxylic acids is 2. The van der Waals surface area contributed by atoms with Gasteiger partial charge in [0.2, 0.25) is 11.8 Å². The Hall–Kier alpha value is -2.34. The molecule has 6 heteroatoms. The maximum Gasteiger partial charge on any atom is 0.242 e. The summed E-state index contributed by atoms with van der Waals surface area (Å²) in [6.07, 6.45) is 3.72. The summed E-state index contributed by atoms with van der Waals surface area (Å²) < 4.78 is 5.27.